The smallest absolute Gasteiger partial charge is 0.155 e. The van der Waals surface area contributed by atoms with Crippen LogP contribution in [0.1, 0.15) is 18.2 Å². The zero-order chi connectivity index (χ0) is 15.6. The highest BCUT2D eigenvalue weighted by molar-refractivity contribution is 8.13. The molecule has 2 aromatic rings. The van der Waals surface area contributed by atoms with Gasteiger partial charge in [0.25, 0.3) is 0 Å². The number of nitrogens with two attached hydrogens (primary N) is 1. The molecule has 1 heterocycles. The van der Waals surface area contributed by atoms with Crippen molar-refractivity contribution in [3.05, 3.63) is 29.5 Å². The predicted octanol–water partition coefficient (Wildman–Crippen LogP) is 3.09. The molecule has 22 heavy (non-hydrogen) atoms. The maximum atomic E-state index is 11.5. The van der Waals surface area contributed by atoms with Crippen molar-refractivity contribution in [3.8, 4) is 5.75 Å². The maximum absolute atomic E-state index is 11.5. The third-order valence-electron chi connectivity index (χ3n) is 3.09. The first-order valence-corrected chi connectivity index (χ1v) is 7.23. The third kappa shape index (κ3) is 3.69. The van der Waals surface area contributed by atoms with Crippen LogP contribution < -0.4 is 10.5 Å². The van der Waals surface area contributed by atoms with Gasteiger partial charge in [-0.15, -0.1) is 12.4 Å². The molecule has 0 aliphatic heterocycles. The number of hydrogen-bond donors (Lipinski definition) is 2. The van der Waals surface area contributed by atoms with Crippen LogP contribution in [-0.2, 0) is 11.2 Å². The van der Waals surface area contributed by atoms with Crippen LogP contribution >= 0.6 is 24.2 Å². The van der Waals surface area contributed by atoms with Crippen LogP contribution in [0.4, 0.5) is 0 Å². The summed E-state index contributed by atoms with van der Waals surface area (Å²) in [4.78, 5) is 16.9. The van der Waals surface area contributed by atoms with Crippen LogP contribution in [0.25, 0.3) is 10.9 Å². The number of hydrogen-bond acceptors (Lipinski definition) is 5. The van der Waals surface area contributed by atoms with Gasteiger partial charge in [0, 0.05) is 22.4 Å². The molecule has 0 amide bonds. The molecule has 3 N–H and O–H groups in total. The Hall–Kier alpha value is -1.79. The molecule has 0 fully saturated rings. The average Bonchev–Trinajstić information content (AvgIpc) is 2.41. The van der Waals surface area contributed by atoms with E-state index in [9.17, 15) is 4.79 Å². The molecule has 0 spiro atoms. The lowest BCUT2D eigenvalue weighted by Crippen LogP contribution is -2.08. The van der Waals surface area contributed by atoms with Gasteiger partial charge in [0.05, 0.1) is 7.11 Å². The molecular weight excluding hydrogens is 322 g/mol. The second-order valence-electron chi connectivity index (χ2n) is 4.71. The summed E-state index contributed by atoms with van der Waals surface area (Å²) < 4.78 is 5.34. The second kappa shape index (κ2) is 7.47. The van der Waals surface area contributed by atoms with Gasteiger partial charge < -0.3 is 10.5 Å². The number of rotatable bonds is 4. The maximum Gasteiger partial charge on any atom is 0.155 e. The highest BCUT2D eigenvalue weighted by atomic mass is 35.5. The molecule has 118 valence electrons. The first-order valence-electron chi connectivity index (χ1n) is 6.41. The van der Waals surface area contributed by atoms with Crippen molar-refractivity contribution in [2.75, 3.05) is 7.11 Å². The van der Waals surface area contributed by atoms with Crippen molar-refractivity contribution >= 4 is 46.0 Å². The zero-order valence-electron chi connectivity index (χ0n) is 12.6. The summed E-state index contributed by atoms with van der Waals surface area (Å²) >= 11 is 1.14. The first kappa shape index (κ1) is 18.3. The van der Waals surface area contributed by atoms with E-state index in [0.29, 0.717) is 11.3 Å². The molecule has 0 atom stereocenters. The van der Waals surface area contributed by atoms with E-state index in [4.69, 9.17) is 15.9 Å². The van der Waals surface area contributed by atoms with E-state index in [1.165, 1.54) is 6.92 Å². The summed E-state index contributed by atoms with van der Waals surface area (Å²) in [6.45, 7) is 3.39. The largest absolute Gasteiger partial charge is 0.494 e. The van der Waals surface area contributed by atoms with Gasteiger partial charge in [0.2, 0.25) is 0 Å². The Morgan fingerprint density at radius 1 is 1.45 bits per heavy atom. The summed E-state index contributed by atoms with van der Waals surface area (Å²) in [5.74, 6) is 0.711. The fraction of sp³-hybridized carbons (Fsp3) is 0.267. The molecule has 0 aliphatic rings. The molecule has 5 nitrogen and oxygen atoms in total. The summed E-state index contributed by atoms with van der Waals surface area (Å²) in [5.41, 5.74) is 7.84. The van der Waals surface area contributed by atoms with Crippen molar-refractivity contribution in [1.82, 2.24) is 4.98 Å². The van der Waals surface area contributed by atoms with Crippen molar-refractivity contribution in [2.45, 2.75) is 25.2 Å². The molecule has 1 aromatic heterocycles. The highest BCUT2D eigenvalue weighted by Gasteiger charge is 2.17. The summed E-state index contributed by atoms with van der Waals surface area (Å²) in [5, 5.41) is 8.38. The van der Waals surface area contributed by atoms with E-state index in [-0.39, 0.29) is 29.8 Å². The number of methoxy groups -OCH3 is 1. The van der Waals surface area contributed by atoms with Crippen LogP contribution in [0.2, 0.25) is 0 Å². The Morgan fingerprint density at radius 3 is 2.68 bits per heavy atom. The second-order valence-corrected chi connectivity index (χ2v) is 5.76. The number of nitrogens with zero attached hydrogens (tertiary/aromatic N) is 1. The average molecular weight is 340 g/mol. The molecule has 0 bridgehead atoms. The van der Waals surface area contributed by atoms with E-state index >= 15 is 0 Å². The fourth-order valence-corrected chi connectivity index (χ4v) is 3.07. The number of benzene rings is 1. The number of nitrogens with one attached hydrogen (secondary N) is 1. The molecular formula is C15H18ClN3O2S. The number of fused-ring (bicyclic) bond motifs is 1. The van der Waals surface area contributed by atoms with E-state index in [1.807, 2.05) is 25.1 Å². The number of thioether (sulfide) groups is 1. The van der Waals surface area contributed by atoms with Crippen LogP contribution in [0.15, 0.2) is 23.1 Å². The minimum absolute atomic E-state index is 0. The first-order chi connectivity index (χ1) is 9.93. The number of halogens is 1. The van der Waals surface area contributed by atoms with Crippen LogP contribution in [0.3, 0.4) is 0 Å². The Morgan fingerprint density at radius 2 is 2.14 bits per heavy atom. The number of Topliss-reactive ketones (excluding diaryl/α,β-unsaturated/α-hetero) is 1. The quantitative estimate of drug-likeness (QED) is 0.507. The van der Waals surface area contributed by atoms with Crippen molar-refractivity contribution in [1.29, 1.82) is 5.41 Å². The number of para-hydroxylation sites is 1. The molecule has 0 saturated carbocycles. The standard InChI is InChI=1S/C15H17N3O2S.ClH/c1-8(19)7-11-9(2)18-13-10(14(11)21-15(16)17)5-4-6-12(13)20-3;/h4-6H,7H2,1-3H3,(H3,16,17);1H. The molecule has 0 unspecified atom stereocenters. The van der Waals surface area contributed by atoms with Crippen molar-refractivity contribution < 1.29 is 9.53 Å². The molecule has 2 rings (SSSR count). The van der Waals surface area contributed by atoms with Gasteiger partial charge in [-0.25, -0.2) is 4.98 Å². The minimum Gasteiger partial charge on any atom is -0.494 e. The summed E-state index contributed by atoms with van der Waals surface area (Å²) in [6, 6.07) is 5.60. The van der Waals surface area contributed by atoms with Crippen LogP contribution in [0.5, 0.6) is 5.75 Å². The minimum atomic E-state index is -0.0190. The van der Waals surface area contributed by atoms with Gasteiger partial charge in [0.15, 0.2) is 5.17 Å². The van der Waals surface area contributed by atoms with Gasteiger partial charge in [-0.05, 0) is 25.5 Å². The molecule has 7 heteroatoms. The van der Waals surface area contributed by atoms with Gasteiger partial charge in [-0.3, -0.25) is 10.2 Å². The SMILES string of the molecule is COc1cccc2c(SC(=N)N)c(CC(C)=O)c(C)nc12.Cl. The summed E-state index contributed by atoms with van der Waals surface area (Å²) in [7, 11) is 1.59. The van der Waals surface area contributed by atoms with E-state index in [1.54, 1.807) is 7.11 Å². The Balaban J connectivity index is 0.00000242. The lowest BCUT2D eigenvalue weighted by molar-refractivity contribution is -0.116. The van der Waals surface area contributed by atoms with E-state index in [2.05, 4.69) is 4.98 Å². The number of aromatic nitrogens is 1. The normalized spacial score (nSPS) is 10.1. The fourth-order valence-electron chi connectivity index (χ4n) is 2.23. The lowest BCUT2D eigenvalue weighted by atomic mass is 10.0. The van der Waals surface area contributed by atoms with Gasteiger partial charge in [-0.1, -0.05) is 23.9 Å². The van der Waals surface area contributed by atoms with Crippen molar-refractivity contribution in [2.24, 2.45) is 5.73 Å². The predicted molar refractivity (Wildman–Crippen MR) is 92.4 cm³/mol. The Bertz CT molecular complexity index is 734. The lowest BCUT2D eigenvalue weighted by Gasteiger charge is -2.15. The number of ether oxygens (including phenoxy) is 1. The molecule has 0 aliphatic carbocycles. The van der Waals surface area contributed by atoms with Gasteiger partial charge in [0.1, 0.15) is 17.0 Å². The van der Waals surface area contributed by atoms with Gasteiger partial charge in [-0.2, -0.15) is 0 Å². The number of carbonyl (C=O) groups is 1. The number of amidine groups is 1. The van der Waals surface area contributed by atoms with Crippen LogP contribution in [-0.4, -0.2) is 23.0 Å². The monoisotopic (exact) mass is 339 g/mol. The number of pyridine rings is 1. The van der Waals surface area contributed by atoms with E-state index < -0.39 is 0 Å². The third-order valence-corrected chi connectivity index (χ3v) is 3.98. The Kier molecular flexibility index (Phi) is 6.20. The highest BCUT2D eigenvalue weighted by Crippen LogP contribution is 2.36. The number of aryl methyl sites for hydroxylation is 1. The topological polar surface area (TPSA) is 89.1 Å². The van der Waals surface area contributed by atoms with Gasteiger partial charge >= 0.3 is 0 Å². The summed E-state index contributed by atoms with van der Waals surface area (Å²) in [6.07, 6.45) is 0.279. The number of ketones is 1. The molecule has 1 aromatic carbocycles. The zero-order valence-corrected chi connectivity index (χ0v) is 14.2. The molecule has 0 radical (unpaired) electrons. The number of carbonyl (C=O) groups excluding carboxylic acids is 1. The molecule has 0 saturated heterocycles. The van der Waals surface area contributed by atoms with Crippen molar-refractivity contribution in [3.63, 3.8) is 0 Å². The van der Waals surface area contributed by atoms with E-state index in [0.717, 1.165) is 33.3 Å². The van der Waals surface area contributed by atoms with Crippen LogP contribution in [0, 0.1) is 12.3 Å². The Labute approximate surface area is 139 Å².